The molecule has 0 saturated carbocycles. The first-order chi connectivity index (χ1) is 1.91. The Bertz CT molecular complexity index is 22.8. The van der Waals surface area contributed by atoms with Gasteiger partial charge in [0, 0.05) is 0 Å². The fourth-order valence-corrected chi connectivity index (χ4v) is 0. The van der Waals surface area contributed by atoms with Gasteiger partial charge in [-0.15, -0.1) is 0 Å². The SMILES string of the molecule is [Na+].[S-]C=CS. The van der Waals surface area contributed by atoms with Crippen molar-refractivity contribution in [1.82, 2.24) is 0 Å². The summed E-state index contributed by atoms with van der Waals surface area (Å²) >= 11 is 7.93. The molecule has 0 spiro atoms. The van der Waals surface area contributed by atoms with Crippen molar-refractivity contribution in [3.63, 3.8) is 0 Å². The standard InChI is InChI=1S/C2H4S2.Na/c3-1-2-4;/h1-4H;/q;+1/p-1. The van der Waals surface area contributed by atoms with Crippen LogP contribution in [-0.4, -0.2) is 0 Å². The number of thiol groups is 1. The van der Waals surface area contributed by atoms with Gasteiger partial charge in [0.05, 0.1) is 0 Å². The van der Waals surface area contributed by atoms with Gasteiger partial charge in [-0.2, -0.15) is 12.6 Å². The molecule has 0 amide bonds. The zero-order chi connectivity index (χ0) is 3.41. The van der Waals surface area contributed by atoms with Gasteiger partial charge in [0.1, 0.15) is 0 Å². The Labute approximate surface area is 65.1 Å². The maximum Gasteiger partial charge on any atom is 1.00 e. The minimum absolute atomic E-state index is 0. The van der Waals surface area contributed by atoms with Gasteiger partial charge in [0.15, 0.2) is 0 Å². The summed E-state index contributed by atoms with van der Waals surface area (Å²) in [6.07, 6.45) is 0. The van der Waals surface area contributed by atoms with Crippen LogP contribution in [-0.2, 0) is 12.6 Å². The van der Waals surface area contributed by atoms with Gasteiger partial charge in [-0.3, -0.25) is 0 Å². The molecule has 0 saturated heterocycles. The number of hydrogen-bond donors (Lipinski definition) is 1. The molecule has 0 heterocycles. The summed E-state index contributed by atoms with van der Waals surface area (Å²) in [5.74, 6) is 0. The van der Waals surface area contributed by atoms with Crippen LogP contribution in [0.1, 0.15) is 0 Å². The number of hydrogen-bond acceptors (Lipinski definition) is 2. The van der Waals surface area contributed by atoms with E-state index in [1.807, 2.05) is 0 Å². The average molecular weight is 114 g/mol. The molecule has 0 bridgehead atoms. The smallest absolute Gasteiger partial charge is 0.787 e. The minimum Gasteiger partial charge on any atom is -0.787 e. The van der Waals surface area contributed by atoms with Gasteiger partial charge in [0.2, 0.25) is 0 Å². The fourth-order valence-electron chi connectivity index (χ4n) is 0. The third kappa shape index (κ3) is 10.9. The zero-order valence-corrected chi connectivity index (χ0v) is 6.72. The van der Waals surface area contributed by atoms with E-state index < -0.39 is 0 Å². The van der Waals surface area contributed by atoms with E-state index in [1.54, 1.807) is 0 Å². The summed E-state index contributed by atoms with van der Waals surface area (Å²) in [7, 11) is 0. The molecule has 0 aromatic rings. The van der Waals surface area contributed by atoms with Crippen LogP contribution in [0.5, 0.6) is 0 Å². The van der Waals surface area contributed by atoms with Crippen molar-refractivity contribution in [1.29, 1.82) is 0 Å². The molecule has 0 fully saturated rings. The molecule has 0 aromatic carbocycles. The van der Waals surface area contributed by atoms with E-state index in [-0.39, 0.29) is 29.6 Å². The van der Waals surface area contributed by atoms with E-state index in [9.17, 15) is 0 Å². The Morgan fingerprint density at radius 1 is 1.60 bits per heavy atom. The second kappa shape index (κ2) is 9.00. The summed E-state index contributed by atoms with van der Waals surface area (Å²) < 4.78 is 0. The summed E-state index contributed by atoms with van der Waals surface area (Å²) in [5.41, 5.74) is 0. The molecule has 0 rings (SSSR count). The Morgan fingerprint density at radius 3 is 1.80 bits per heavy atom. The third-order valence-corrected chi connectivity index (χ3v) is 0.548. The molecule has 5 heavy (non-hydrogen) atoms. The Balaban J connectivity index is 0. The molecule has 24 valence electrons. The van der Waals surface area contributed by atoms with Crippen LogP contribution in [0.15, 0.2) is 10.8 Å². The first-order valence-electron chi connectivity index (χ1n) is 0.827. The molecular weight excluding hydrogens is 111 g/mol. The van der Waals surface area contributed by atoms with Crippen LogP contribution in [0.25, 0.3) is 0 Å². The van der Waals surface area contributed by atoms with Gasteiger partial charge in [0.25, 0.3) is 0 Å². The van der Waals surface area contributed by atoms with E-state index in [2.05, 4.69) is 25.3 Å². The monoisotopic (exact) mass is 114 g/mol. The van der Waals surface area contributed by atoms with E-state index in [0.29, 0.717) is 0 Å². The summed E-state index contributed by atoms with van der Waals surface area (Å²) in [6.45, 7) is 0. The van der Waals surface area contributed by atoms with Crippen molar-refractivity contribution in [2.75, 3.05) is 0 Å². The molecular formula is C2H3NaS2. The molecule has 0 aliphatic heterocycles. The van der Waals surface area contributed by atoms with Crippen molar-refractivity contribution >= 4 is 25.3 Å². The van der Waals surface area contributed by atoms with Crippen LogP contribution in [0.3, 0.4) is 0 Å². The van der Waals surface area contributed by atoms with Gasteiger partial charge in [-0.05, 0) is 0 Å². The maximum atomic E-state index is 4.30. The molecule has 0 radical (unpaired) electrons. The topological polar surface area (TPSA) is 0 Å². The quantitative estimate of drug-likeness (QED) is 0.215. The summed E-state index contributed by atoms with van der Waals surface area (Å²) in [4.78, 5) is 0. The van der Waals surface area contributed by atoms with Gasteiger partial charge < -0.3 is 12.6 Å². The molecule has 0 aliphatic rings. The Kier molecular flexibility index (Phi) is 17.2. The largest absolute Gasteiger partial charge is 1.00 e. The van der Waals surface area contributed by atoms with Crippen LogP contribution < -0.4 is 29.6 Å². The molecule has 0 aliphatic carbocycles. The minimum atomic E-state index is 0. The van der Waals surface area contributed by atoms with Gasteiger partial charge in [-0.25, -0.2) is 5.41 Å². The predicted octanol–water partition coefficient (Wildman–Crippen LogP) is -2.06. The van der Waals surface area contributed by atoms with Gasteiger partial charge >= 0.3 is 29.6 Å². The van der Waals surface area contributed by atoms with E-state index in [4.69, 9.17) is 0 Å². The van der Waals surface area contributed by atoms with Crippen molar-refractivity contribution in [3.05, 3.63) is 10.8 Å². The summed E-state index contributed by atoms with van der Waals surface area (Å²) in [5, 5.41) is 2.96. The molecule has 0 N–H and O–H groups in total. The molecule has 0 atom stereocenters. The van der Waals surface area contributed by atoms with E-state index in [0.717, 1.165) is 0 Å². The van der Waals surface area contributed by atoms with Crippen LogP contribution in [0, 0.1) is 0 Å². The zero-order valence-electron chi connectivity index (χ0n) is 3.01. The van der Waals surface area contributed by atoms with E-state index >= 15 is 0 Å². The van der Waals surface area contributed by atoms with E-state index in [1.165, 1.54) is 10.8 Å². The first kappa shape index (κ1) is 9.58. The van der Waals surface area contributed by atoms with Gasteiger partial charge in [-0.1, -0.05) is 5.41 Å². The average Bonchev–Trinajstić information content (AvgIpc) is 1.37. The predicted molar refractivity (Wildman–Crippen MR) is 25.5 cm³/mol. The fraction of sp³-hybridized carbons (Fsp3) is 0. The van der Waals surface area contributed by atoms with Crippen LogP contribution in [0.2, 0.25) is 0 Å². The third-order valence-electron chi connectivity index (χ3n) is 0.0609. The summed E-state index contributed by atoms with van der Waals surface area (Å²) in [6, 6.07) is 0. The number of rotatable bonds is 0. The first-order valence-corrected chi connectivity index (χ1v) is 1.82. The Hall–Kier alpha value is 1.31. The maximum absolute atomic E-state index is 4.30. The second-order valence-corrected chi connectivity index (χ2v) is 0.855. The molecule has 0 nitrogen and oxygen atoms in total. The molecule has 3 heteroatoms. The normalized spacial score (nSPS) is 7.40. The van der Waals surface area contributed by atoms with Crippen LogP contribution in [0.4, 0.5) is 0 Å². The van der Waals surface area contributed by atoms with Crippen molar-refractivity contribution in [2.24, 2.45) is 0 Å². The van der Waals surface area contributed by atoms with Crippen molar-refractivity contribution in [3.8, 4) is 0 Å². The molecule has 0 aromatic heterocycles. The Morgan fingerprint density at radius 2 is 1.80 bits per heavy atom. The van der Waals surface area contributed by atoms with Crippen LogP contribution >= 0.6 is 12.6 Å². The molecule has 0 unspecified atom stereocenters. The van der Waals surface area contributed by atoms with Crippen molar-refractivity contribution < 1.29 is 29.6 Å². The van der Waals surface area contributed by atoms with Crippen molar-refractivity contribution in [2.45, 2.75) is 0 Å². The second-order valence-electron chi connectivity index (χ2n) is 0.285.